The summed E-state index contributed by atoms with van der Waals surface area (Å²) in [6, 6.07) is 53.5. The Kier molecular flexibility index (Phi) is 4.62. The fourth-order valence-corrected chi connectivity index (χ4v) is 6.17. The average molecular weight is 481 g/mol. The van der Waals surface area contributed by atoms with Gasteiger partial charge in [-0.3, -0.25) is 0 Å². The Morgan fingerprint density at radius 2 is 0.579 bits per heavy atom. The minimum Gasteiger partial charge on any atom is -0.0616 e. The Morgan fingerprint density at radius 3 is 1.00 bits per heavy atom. The van der Waals surface area contributed by atoms with Crippen LogP contribution in [0.2, 0.25) is 0 Å². The average Bonchev–Trinajstić information content (AvgIpc) is 2.98. The third kappa shape index (κ3) is 3.24. The first kappa shape index (κ1) is 21.2. The van der Waals surface area contributed by atoms with E-state index in [1.54, 1.807) is 0 Å². The molecule has 8 rings (SSSR count). The molecule has 0 aliphatic rings. The van der Waals surface area contributed by atoms with Gasteiger partial charge in [0.1, 0.15) is 0 Å². The van der Waals surface area contributed by atoms with Crippen molar-refractivity contribution >= 4 is 53.9 Å². The molecule has 0 saturated heterocycles. The van der Waals surface area contributed by atoms with Crippen molar-refractivity contribution < 1.29 is 0 Å². The summed E-state index contributed by atoms with van der Waals surface area (Å²) in [7, 11) is 0. The molecule has 0 fully saturated rings. The maximum atomic E-state index is 2.40. The van der Waals surface area contributed by atoms with Crippen LogP contribution in [0.5, 0.6) is 0 Å². The van der Waals surface area contributed by atoms with Crippen LogP contribution in [-0.4, -0.2) is 0 Å². The lowest BCUT2D eigenvalue weighted by molar-refractivity contribution is 1.69. The van der Waals surface area contributed by atoms with Gasteiger partial charge in [-0.2, -0.15) is 0 Å². The molecule has 0 N–H and O–H groups in total. The molecule has 0 amide bonds. The highest BCUT2D eigenvalue weighted by Crippen LogP contribution is 2.45. The molecule has 0 bridgehead atoms. The Morgan fingerprint density at radius 1 is 0.237 bits per heavy atom. The van der Waals surface area contributed by atoms with Crippen LogP contribution in [0.25, 0.3) is 76.1 Å². The second-order valence-corrected chi connectivity index (χ2v) is 10.2. The van der Waals surface area contributed by atoms with Gasteiger partial charge in [0, 0.05) is 0 Å². The van der Waals surface area contributed by atoms with Gasteiger partial charge in [0.15, 0.2) is 0 Å². The molecule has 8 aromatic carbocycles. The summed E-state index contributed by atoms with van der Waals surface area (Å²) in [5.41, 5.74) is 5.11. The van der Waals surface area contributed by atoms with Crippen LogP contribution in [0.3, 0.4) is 0 Å². The summed E-state index contributed by atoms with van der Waals surface area (Å²) in [6.45, 7) is 0. The first-order valence-electron chi connectivity index (χ1n) is 13.2. The van der Waals surface area contributed by atoms with Crippen molar-refractivity contribution in [2.45, 2.75) is 0 Å². The van der Waals surface area contributed by atoms with Crippen molar-refractivity contribution in [2.24, 2.45) is 0 Å². The first-order valence-corrected chi connectivity index (χ1v) is 13.2. The van der Waals surface area contributed by atoms with Crippen molar-refractivity contribution in [3.63, 3.8) is 0 Å². The standard InChI is InChI=1S/C38H24/c1-3-11-27-21-31(19-17-25(27)9-1)37-33-15-7-8-16-34(33)38(32-20-18-26-10-2-4-12-28(26)22-32)36-24-30-14-6-5-13-29(30)23-35(36)37/h1-24H. The second-order valence-electron chi connectivity index (χ2n) is 10.2. The molecule has 0 radical (unpaired) electrons. The smallest absolute Gasteiger partial charge is 0.00259 e. The topological polar surface area (TPSA) is 0 Å². The van der Waals surface area contributed by atoms with Crippen molar-refractivity contribution in [3.8, 4) is 22.3 Å². The summed E-state index contributed by atoms with van der Waals surface area (Å²) in [5, 5.41) is 12.8. The van der Waals surface area contributed by atoms with E-state index >= 15 is 0 Å². The van der Waals surface area contributed by atoms with Crippen LogP contribution in [0, 0.1) is 0 Å². The number of fused-ring (bicyclic) bond motifs is 5. The Labute approximate surface area is 221 Å². The van der Waals surface area contributed by atoms with Gasteiger partial charge in [0.25, 0.3) is 0 Å². The van der Waals surface area contributed by atoms with Gasteiger partial charge < -0.3 is 0 Å². The highest BCUT2D eigenvalue weighted by Gasteiger charge is 2.18. The van der Waals surface area contributed by atoms with Crippen LogP contribution < -0.4 is 0 Å². The zero-order valence-corrected chi connectivity index (χ0v) is 20.9. The molecule has 176 valence electrons. The van der Waals surface area contributed by atoms with Crippen molar-refractivity contribution in [2.75, 3.05) is 0 Å². The largest absolute Gasteiger partial charge is 0.0616 e. The van der Waals surface area contributed by atoms with E-state index in [4.69, 9.17) is 0 Å². The highest BCUT2D eigenvalue weighted by atomic mass is 14.2. The maximum absolute atomic E-state index is 2.40. The van der Waals surface area contributed by atoms with Gasteiger partial charge >= 0.3 is 0 Å². The van der Waals surface area contributed by atoms with E-state index in [0.717, 1.165) is 0 Å². The molecule has 0 heteroatoms. The number of rotatable bonds is 2. The predicted molar refractivity (Wildman–Crippen MR) is 165 cm³/mol. The summed E-state index contributed by atoms with van der Waals surface area (Å²) in [4.78, 5) is 0. The molecule has 0 aliphatic carbocycles. The lowest BCUT2D eigenvalue weighted by Gasteiger charge is -2.19. The molecule has 0 atom stereocenters. The molecular weight excluding hydrogens is 456 g/mol. The third-order valence-electron chi connectivity index (χ3n) is 7.97. The fourth-order valence-electron chi connectivity index (χ4n) is 6.17. The van der Waals surface area contributed by atoms with Crippen LogP contribution in [-0.2, 0) is 0 Å². The minimum absolute atomic E-state index is 1.25. The summed E-state index contributed by atoms with van der Waals surface area (Å²) >= 11 is 0. The predicted octanol–water partition coefficient (Wildman–Crippen LogP) is 10.8. The molecular formula is C38H24. The van der Waals surface area contributed by atoms with Crippen LogP contribution in [0.4, 0.5) is 0 Å². The van der Waals surface area contributed by atoms with Crippen molar-refractivity contribution in [3.05, 3.63) is 146 Å². The van der Waals surface area contributed by atoms with Crippen molar-refractivity contribution in [1.29, 1.82) is 0 Å². The Hall–Kier alpha value is -4.94. The zero-order chi connectivity index (χ0) is 25.1. The molecule has 0 heterocycles. The summed E-state index contributed by atoms with van der Waals surface area (Å²) < 4.78 is 0. The normalized spacial score (nSPS) is 11.7. The van der Waals surface area contributed by atoms with E-state index in [0.29, 0.717) is 0 Å². The first-order chi connectivity index (χ1) is 18.8. The van der Waals surface area contributed by atoms with Gasteiger partial charge in [-0.25, -0.2) is 0 Å². The van der Waals surface area contributed by atoms with Gasteiger partial charge in [-0.1, -0.05) is 121 Å². The number of hydrogen-bond donors (Lipinski definition) is 0. The second kappa shape index (κ2) is 8.30. The van der Waals surface area contributed by atoms with Crippen LogP contribution >= 0.6 is 0 Å². The van der Waals surface area contributed by atoms with Gasteiger partial charge in [0.2, 0.25) is 0 Å². The zero-order valence-electron chi connectivity index (χ0n) is 20.9. The Bertz CT molecular complexity index is 2030. The molecule has 0 aromatic heterocycles. The van der Waals surface area contributed by atoms with E-state index < -0.39 is 0 Å². The van der Waals surface area contributed by atoms with Gasteiger partial charge in [-0.15, -0.1) is 0 Å². The summed E-state index contributed by atoms with van der Waals surface area (Å²) in [6.07, 6.45) is 0. The van der Waals surface area contributed by atoms with E-state index in [2.05, 4.69) is 146 Å². The third-order valence-corrected chi connectivity index (χ3v) is 7.97. The quantitative estimate of drug-likeness (QED) is 0.216. The van der Waals surface area contributed by atoms with Gasteiger partial charge in [-0.05, 0) is 100 Å². The van der Waals surface area contributed by atoms with E-state index in [1.807, 2.05) is 0 Å². The fraction of sp³-hybridized carbons (Fsp3) is 0. The van der Waals surface area contributed by atoms with Gasteiger partial charge in [0.05, 0.1) is 0 Å². The van der Waals surface area contributed by atoms with E-state index in [9.17, 15) is 0 Å². The lowest BCUT2D eigenvalue weighted by Crippen LogP contribution is -1.92. The molecule has 0 nitrogen and oxygen atoms in total. The minimum atomic E-state index is 1.25. The molecule has 38 heavy (non-hydrogen) atoms. The Balaban J connectivity index is 1.56. The number of hydrogen-bond acceptors (Lipinski definition) is 0. The van der Waals surface area contributed by atoms with E-state index in [1.165, 1.54) is 76.1 Å². The molecule has 0 saturated carbocycles. The molecule has 8 aromatic rings. The maximum Gasteiger partial charge on any atom is -0.00259 e. The van der Waals surface area contributed by atoms with E-state index in [-0.39, 0.29) is 0 Å². The lowest BCUT2D eigenvalue weighted by atomic mass is 9.84. The monoisotopic (exact) mass is 480 g/mol. The summed E-state index contributed by atoms with van der Waals surface area (Å²) in [5.74, 6) is 0. The van der Waals surface area contributed by atoms with Crippen LogP contribution in [0.15, 0.2) is 146 Å². The van der Waals surface area contributed by atoms with Crippen LogP contribution in [0.1, 0.15) is 0 Å². The SMILES string of the molecule is c1ccc2cc(-c3c4ccccc4c(-c4ccc5ccccc5c4)c4cc5ccccc5cc34)ccc2c1. The van der Waals surface area contributed by atoms with Crippen molar-refractivity contribution in [1.82, 2.24) is 0 Å². The number of benzene rings is 8. The molecule has 0 spiro atoms. The highest BCUT2D eigenvalue weighted by molar-refractivity contribution is 6.24. The molecule has 0 unspecified atom stereocenters. The molecule has 0 aliphatic heterocycles.